The molecule has 1 fully saturated rings. The summed E-state index contributed by atoms with van der Waals surface area (Å²) in [6, 6.07) is 0. The lowest BCUT2D eigenvalue weighted by Gasteiger charge is -2.17. The van der Waals surface area contributed by atoms with Crippen LogP contribution in [0.4, 0.5) is 0 Å². The molecule has 0 spiro atoms. The van der Waals surface area contributed by atoms with Crippen LogP contribution in [0.2, 0.25) is 0 Å². The van der Waals surface area contributed by atoms with Crippen molar-refractivity contribution in [3.05, 3.63) is 16.1 Å². The number of aliphatic hydroxyl groups excluding tert-OH is 1. The number of thiazole rings is 1. The van der Waals surface area contributed by atoms with E-state index in [0.717, 1.165) is 30.0 Å². The number of amides is 1. The van der Waals surface area contributed by atoms with Gasteiger partial charge in [0.05, 0.1) is 23.2 Å². The summed E-state index contributed by atoms with van der Waals surface area (Å²) in [6.45, 7) is 2.43. The smallest absolute Gasteiger partial charge is 0.226 e. The van der Waals surface area contributed by atoms with E-state index < -0.39 is 6.10 Å². The molecular formula is C14H22N2O2S. The molecule has 1 aliphatic carbocycles. The lowest BCUT2D eigenvalue weighted by atomic mass is 10.0. The van der Waals surface area contributed by atoms with Gasteiger partial charge < -0.3 is 10.4 Å². The maximum atomic E-state index is 11.8. The van der Waals surface area contributed by atoms with Gasteiger partial charge in [-0.15, -0.1) is 11.3 Å². The molecular weight excluding hydrogens is 260 g/mol. The number of aryl methyl sites for hydroxylation is 1. The van der Waals surface area contributed by atoms with E-state index in [1.165, 1.54) is 12.8 Å². The second-order valence-electron chi connectivity index (χ2n) is 5.18. The van der Waals surface area contributed by atoms with Crippen LogP contribution in [0, 0.1) is 5.92 Å². The number of aromatic nitrogens is 1. The van der Waals surface area contributed by atoms with Crippen LogP contribution in [0.25, 0.3) is 0 Å². The molecule has 5 heteroatoms. The molecule has 1 amide bonds. The fourth-order valence-corrected chi connectivity index (χ4v) is 3.29. The molecule has 1 aromatic heterocycles. The molecule has 0 saturated heterocycles. The second-order valence-corrected chi connectivity index (χ2v) is 6.12. The summed E-state index contributed by atoms with van der Waals surface area (Å²) in [5.74, 6) is 0.316. The van der Waals surface area contributed by atoms with E-state index >= 15 is 0 Å². The number of nitrogens with one attached hydrogen (secondary N) is 1. The zero-order valence-electron chi connectivity index (χ0n) is 11.4. The van der Waals surface area contributed by atoms with E-state index in [-0.39, 0.29) is 5.91 Å². The van der Waals surface area contributed by atoms with Crippen LogP contribution >= 0.6 is 11.3 Å². The molecule has 0 bridgehead atoms. The quantitative estimate of drug-likeness (QED) is 0.838. The van der Waals surface area contributed by atoms with Crippen LogP contribution in [-0.4, -0.2) is 28.6 Å². The molecule has 0 aromatic carbocycles. The topological polar surface area (TPSA) is 62.2 Å². The summed E-state index contributed by atoms with van der Waals surface area (Å²) in [6.07, 6.45) is 5.41. The molecule has 1 unspecified atom stereocenters. The fourth-order valence-electron chi connectivity index (χ4n) is 2.55. The molecule has 4 nitrogen and oxygen atoms in total. The molecule has 1 saturated carbocycles. The molecule has 2 N–H and O–H groups in total. The highest BCUT2D eigenvalue weighted by Gasteiger charge is 2.23. The van der Waals surface area contributed by atoms with E-state index in [9.17, 15) is 9.90 Å². The van der Waals surface area contributed by atoms with E-state index in [4.69, 9.17) is 0 Å². The van der Waals surface area contributed by atoms with Gasteiger partial charge in [0.1, 0.15) is 0 Å². The van der Waals surface area contributed by atoms with Gasteiger partial charge in [0.25, 0.3) is 0 Å². The van der Waals surface area contributed by atoms with Gasteiger partial charge in [0, 0.05) is 11.9 Å². The van der Waals surface area contributed by atoms with Crippen molar-refractivity contribution in [3.63, 3.8) is 0 Å². The third kappa shape index (κ3) is 4.28. The van der Waals surface area contributed by atoms with Crippen molar-refractivity contribution in [2.45, 2.75) is 51.6 Å². The van der Waals surface area contributed by atoms with Gasteiger partial charge in [-0.05, 0) is 25.2 Å². The largest absolute Gasteiger partial charge is 0.391 e. The molecule has 2 rings (SSSR count). The van der Waals surface area contributed by atoms with Gasteiger partial charge in [0.15, 0.2) is 0 Å². The number of rotatable bonds is 6. The highest BCUT2D eigenvalue weighted by atomic mass is 32.1. The Morgan fingerprint density at radius 1 is 1.58 bits per heavy atom. The second kappa shape index (κ2) is 7.01. The summed E-state index contributed by atoms with van der Waals surface area (Å²) in [5.41, 5.74) is 0.828. The number of aliphatic hydroxyl groups is 1. The van der Waals surface area contributed by atoms with Crippen molar-refractivity contribution in [2.75, 3.05) is 6.54 Å². The van der Waals surface area contributed by atoms with Crippen molar-refractivity contribution in [2.24, 2.45) is 5.92 Å². The Kier molecular flexibility index (Phi) is 5.34. The lowest BCUT2D eigenvalue weighted by Crippen LogP contribution is -2.36. The van der Waals surface area contributed by atoms with Gasteiger partial charge in [-0.2, -0.15) is 0 Å². The molecule has 1 atom stereocenters. The van der Waals surface area contributed by atoms with Gasteiger partial charge in [0.2, 0.25) is 5.91 Å². The number of carbonyl (C=O) groups is 1. The molecule has 0 radical (unpaired) electrons. The molecule has 106 valence electrons. The van der Waals surface area contributed by atoms with Gasteiger partial charge in [-0.3, -0.25) is 4.79 Å². The molecule has 1 heterocycles. The Morgan fingerprint density at radius 2 is 2.32 bits per heavy atom. The lowest BCUT2D eigenvalue weighted by molar-refractivity contribution is -0.121. The van der Waals surface area contributed by atoms with E-state index in [2.05, 4.69) is 17.2 Å². The predicted molar refractivity (Wildman–Crippen MR) is 76.2 cm³/mol. The van der Waals surface area contributed by atoms with Crippen molar-refractivity contribution in [1.82, 2.24) is 10.3 Å². The first-order valence-corrected chi connectivity index (χ1v) is 7.95. The number of hydrogen-bond acceptors (Lipinski definition) is 4. The average Bonchev–Trinajstić information content (AvgIpc) is 3.06. The highest BCUT2D eigenvalue weighted by Crippen LogP contribution is 2.27. The maximum Gasteiger partial charge on any atom is 0.226 e. The van der Waals surface area contributed by atoms with Crippen LogP contribution in [0.1, 0.15) is 43.3 Å². The Morgan fingerprint density at radius 3 is 2.95 bits per heavy atom. The monoisotopic (exact) mass is 282 g/mol. The van der Waals surface area contributed by atoms with Crippen molar-refractivity contribution < 1.29 is 9.90 Å². The molecule has 19 heavy (non-hydrogen) atoms. The van der Waals surface area contributed by atoms with Crippen molar-refractivity contribution in [3.8, 4) is 0 Å². The standard InChI is InChI=1S/C14H22N2O2S/c1-2-14-16-11(9-19-14)7-13(18)15-8-12(17)10-5-3-4-6-10/h9-10,12,17H,2-8H2,1H3,(H,15,18). The van der Waals surface area contributed by atoms with Gasteiger partial charge in [-0.1, -0.05) is 19.8 Å². The molecule has 1 aromatic rings. The van der Waals surface area contributed by atoms with Crippen molar-refractivity contribution >= 4 is 17.2 Å². The zero-order chi connectivity index (χ0) is 13.7. The maximum absolute atomic E-state index is 11.8. The Labute approximate surface area is 118 Å². The van der Waals surface area contributed by atoms with Crippen LogP contribution in [-0.2, 0) is 17.6 Å². The number of hydrogen-bond donors (Lipinski definition) is 2. The highest BCUT2D eigenvalue weighted by molar-refractivity contribution is 7.09. The number of carbonyl (C=O) groups excluding carboxylic acids is 1. The van der Waals surface area contributed by atoms with Crippen LogP contribution in [0.15, 0.2) is 5.38 Å². The first-order chi connectivity index (χ1) is 9.19. The summed E-state index contributed by atoms with van der Waals surface area (Å²) < 4.78 is 0. The summed E-state index contributed by atoms with van der Waals surface area (Å²) in [4.78, 5) is 16.1. The predicted octanol–water partition coefficient (Wildman–Crippen LogP) is 1.92. The van der Waals surface area contributed by atoms with Gasteiger partial charge in [-0.25, -0.2) is 4.98 Å². The van der Waals surface area contributed by atoms with Crippen LogP contribution in [0.5, 0.6) is 0 Å². The number of nitrogens with zero attached hydrogens (tertiary/aromatic N) is 1. The summed E-state index contributed by atoms with van der Waals surface area (Å²) in [7, 11) is 0. The van der Waals surface area contributed by atoms with Crippen LogP contribution in [0.3, 0.4) is 0 Å². The third-order valence-electron chi connectivity index (χ3n) is 3.70. The first kappa shape index (κ1) is 14.5. The minimum atomic E-state index is -0.395. The third-order valence-corrected chi connectivity index (χ3v) is 4.74. The average molecular weight is 282 g/mol. The Bertz CT molecular complexity index is 413. The first-order valence-electron chi connectivity index (χ1n) is 7.07. The van der Waals surface area contributed by atoms with Gasteiger partial charge >= 0.3 is 0 Å². The van der Waals surface area contributed by atoms with E-state index in [1.54, 1.807) is 11.3 Å². The summed E-state index contributed by atoms with van der Waals surface area (Å²) in [5, 5.41) is 15.8. The zero-order valence-corrected chi connectivity index (χ0v) is 12.2. The molecule has 0 aliphatic heterocycles. The van der Waals surface area contributed by atoms with E-state index in [0.29, 0.717) is 18.9 Å². The SMILES string of the molecule is CCc1nc(CC(=O)NCC(O)C2CCCC2)cs1. The molecule has 1 aliphatic rings. The van der Waals surface area contributed by atoms with Crippen LogP contribution < -0.4 is 5.32 Å². The van der Waals surface area contributed by atoms with Crippen molar-refractivity contribution in [1.29, 1.82) is 0 Å². The Hall–Kier alpha value is -0.940. The minimum Gasteiger partial charge on any atom is -0.391 e. The minimum absolute atomic E-state index is 0.0509. The normalized spacial score (nSPS) is 17.6. The summed E-state index contributed by atoms with van der Waals surface area (Å²) >= 11 is 1.60. The Balaban J connectivity index is 1.71. The fraction of sp³-hybridized carbons (Fsp3) is 0.714. The van der Waals surface area contributed by atoms with E-state index in [1.807, 2.05) is 5.38 Å².